The van der Waals surface area contributed by atoms with Gasteiger partial charge >= 0.3 is 0 Å². The smallest absolute Gasteiger partial charge is 0.0245 e. The van der Waals surface area contributed by atoms with Gasteiger partial charge in [-0.25, -0.2) is 0 Å². The van der Waals surface area contributed by atoms with E-state index >= 15 is 0 Å². The first-order valence-electron chi connectivity index (χ1n) is 5.53. The Bertz CT molecular complexity index is 346. The molecule has 1 fully saturated rings. The van der Waals surface area contributed by atoms with Gasteiger partial charge in [-0.15, -0.1) is 0 Å². The summed E-state index contributed by atoms with van der Waals surface area (Å²) in [7, 11) is 0. The molecule has 1 saturated heterocycles. The monoisotopic (exact) mass is 267 g/mol. The molecule has 0 aromatic heterocycles. The van der Waals surface area contributed by atoms with Gasteiger partial charge in [-0.2, -0.15) is 0 Å². The minimum atomic E-state index is 0.501. The molecule has 2 heteroatoms. The fourth-order valence-electron chi connectivity index (χ4n) is 2.23. The molecule has 0 bridgehead atoms. The highest BCUT2D eigenvalue weighted by Crippen LogP contribution is 2.30. The molecule has 1 nitrogen and oxygen atoms in total. The van der Waals surface area contributed by atoms with Gasteiger partial charge in [0.05, 0.1) is 0 Å². The summed E-state index contributed by atoms with van der Waals surface area (Å²) in [5.74, 6) is 0. The molecule has 15 heavy (non-hydrogen) atoms. The van der Waals surface area contributed by atoms with E-state index < -0.39 is 0 Å². The average Bonchev–Trinajstić information content (AvgIpc) is 2.50. The van der Waals surface area contributed by atoms with Gasteiger partial charge in [0, 0.05) is 17.6 Å². The molecule has 0 radical (unpaired) electrons. The fraction of sp³-hybridized carbons (Fsp3) is 0.538. The Morgan fingerprint density at radius 3 is 2.67 bits per heavy atom. The topological polar surface area (TPSA) is 3.24 Å². The molecule has 82 valence electrons. The Kier molecular flexibility index (Phi) is 3.17. The average molecular weight is 268 g/mol. The third-order valence-corrected chi connectivity index (χ3v) is 3.88. The van der Waals surface area contributed by atoms with Crippen LogP contribution in [0.3, 0.4) is 0 Å². The van der Waals surface area contributed by atoms with Crippen molar-refractivity contribution >= 4 is 15.9 Å². The molecule has 1 heterocycles. The Labute approximate surface area is 101 Å². The lowest BCUT2D eigenvalue weighted by molar-refractivity contribution is 0.284. The van der Waals surface area contributed by atoms with E-state index in [0.717, 1.165) is 6.54 Å². The van der Waals surface area contributed by atoms with Crippen LogP contribution in [0.2, 0.25) is 0 Å². The van der Waals surface area contributed by atoms with E-state index in [4.69, 9.17) is 0 Å². The molecule has 2 rings (SSSR count). The number of benzene rings is 1. The summed E-state index contributed by atoms with van der Waals surface area (Å²) >= 11 is 3.61. The van der Waals surface area contributed by atoms with Gasteiger partial charge in [0.2, 0.25) is 0 Å². The number of halogens is 1. The third-order valence-electron chi connectivity index (χ3n) is 3.11. The Balaban J connectivity index is 2.02. The van der Waals surface area contributed by atoms with Crippen LogP contribution in [0.15, 0.2) is 28.7 Å². The van der Waals surface area contributed by atoms with Crippen molar-refractivity contribution in [2.75, 3.05) is 13.1 Å². The van der Waals surface area contributed by atoms with Gasteiger partial charge in [-0.05, 0) is 30.0 Å². The zero-order chi connectivity index (χ0) is 10.9. The van der Waals surface area contributed by atoms with Crippen LogP contribution in [0, 0.1) is 5.41 Å². The minimum Gasteiger partial charge on any atom is -0.298 e. The van der Waals surface area contributed by atoms with Gasteiger partial charge in [-0.3, -0.25) is 4.90 Å². The first-order chi connectivity index (χ1) is 7.07. The van der Waals surface area contributed by atoms with E-state index in [2.05, 4.69) is 58.9 Å². The molecule has 1 aliphatic heterocycles. The van der Waals surface area contributed by atoms with Crippen LogP contribution >= 0.6 is 15.9 Å². The quantitative estimate of drug-likeness (QED) is 0.790. The van der Waals surface area contributed by atoms with Gasteiger partial charge in [0.1, 0.15) is 0 Å². The zero-order valence-electron chi connectivity index (χ0n) is 9.46. The Hall–Kier alpha value is -0.340. The molecular formula is C13H18BrN. The number of likely N-dealkylation sites (tertiary alicyclic amines) is 1. The highest BCUT2D eigenvalue weighted by Gasteiger charge is 2.28. The van der Waals surface area contributed by atoms with Gasteiger partial charge in [0.25, 0.3) is 0 Å². The van der Waals surface area contributed by atoms with Crippen molar-refractivity contribution in [1.82, 2.24) is 4.90 Å². The minimum absolute atomic E-state index is 0.501. The van der Waals surface area contributed by atoms with Crippen LogP contribution in [0.5, 0.6) is 0 Å². The third kappa shape index (κ3) is 2.82. The molecule has 0 saturated carbocycles. The summed E-state index contributed by atoms with van der Waals surface area (Å²) in [6.45, 7) is 8.23. The molecular weight excluding hydrogens is 250 g/mol. The summed E-state index contributed by atoms with van der Waals surface area (Å²) in [5.41, 5.74) is 1.90. The normalized spacial score (nSPS) is 20.7. The second-order valence-electron chi connectivity index (χ2n) is 5.22. The highest BCUT2D eigenvalue weighted by atomic mass is 79.9. The predicted octanol–water partition coefficient (Wildman–Crippen LogP) is 3.68. The molecule has 1 aromatic carbocycles. The standard InChI is InChI=1S/C13H18BrN/c1-13(2)7-8-15(10-13)9-11-5-3-4-6-12(11)14/h3-6H,7-10H2,1-2H3. The van der Waals surface area contributed by atoms with E-state index in [1.807, 2.05) is 0 Å². The Morgan fingerprint density at radius 1 is 1.33 bits per heavy atom. The summed E-state index contributed by atoms with van der Waals surface area (Å²) < 4.78 is 1.23. The second kappa shape index (κ2) is 4.26. The summed E-state index contributed by atoms with van der Waals surface area (Å²) in [5, 5.41) is 0. The van der Waals surface area contributed by atoms with Gasteiger partial charge in [0.15, 0.2) is 0 Å². The maximum absolute atomic E-state index is 3.61. The van der Waals surface area contributed by atoms with E-state index in [-0.39, 0.29) is 0 Å². The lowest BCUT2D eigenvalue weighted by Gasteiger charge is -2.20. The van der Waals surface area contributed by atoms with Crippen molar-refractivity contribution in [3.05, 3.63) is 34.3 Å². The maximum Gasteiger partial charge on any atom is 0.0245 e. The van der Waals surface area contributed by atoms with Crippen LogP contribution in [-0.2, 0) is 6.54 Å². The number of rotatable bonds is 2. The van der Waals surface area contributed by atoms with Crippen molar-refractivity contribution < 1.29 is 0 Å². The van der Waals surface area contributed by atoms with E-state index in [0.29, 0.717) is 5.41 Å². The second-order valence-corrected chi connectivity index (χ2v) is 6.07. The van der Waals surface area contributed by atoms with Crippen LogP contribution in [-0.4, -0.2) is 18.0 Å². The maximum atomic E-state index is 3.61. The summed E-state index contributed by atoms with van der Waals surface area (Å²) in [6, 6.07) is 8.51. The Morgan fingerprint density at radius 2 is 2.07 bits per heavy atom. The van der Waals surface area contributed by atoms with Crippen LogP contribution < -0.4 is 0 Å². The molecule has 1 aromatic rings. The highest BCUT2D eigenvalue weighted by molar-refractivity contribution is 9.10. The number of hydrogen-bond acceptors (Lipinski definition) is 1. The summed E-state index contributed by atoms with van der Waals surface area (Å²) in [6.07, 6.45) is 1.32. The van der Waals surface area contributed by atoms with Crippen molar-refractivity contribution in [2.24, 2.45) is 5.41 Å². The first kappa shape index (κ1) is 11.2. The largest absolute Gasteiger partial charge is 0.298 e. The molecule has 0 N–H and O–H groups in total. The van der Waals surface area contributed by atoms with Gasteiger partial charge < -0.3 is 0 Å². The van der Waals surface area contributed by atoms with Crippen LogP contribution in [0.1, 0.15) is 25.8 Å². The molecule has 0 spiro atoms. The lowest BCUT2D eigenvalue weighted by Crippen LogP contribution is -2.22. The van der Waals surface area contributed by atoms with Crippen molar-refractivity contribution in [3.63, 3.8) is 0 Å². The summed E-state index contributed by atoms with van der Waals surface area (Å²) in [4.78, 5) is 2.54. The first-order valence-corrected chi connectivity index (χ1v) is 6.32. The molecule has 0 amide bonds. The zero-order valence-corrected chi connectivity index (χ0v) is 11.0. The molecule has 1 aliphatic rings. The number of nitrogens with zero attached hydrogens (tertiary/aromatic N) is 1. The fourth-order valence-corrected chi connectivity index (χ4v) is 2.64. The van der Waals surface area contributed by atoms with Crippen molar-refractivity contribution in [3.8, 4) is 0 Å². The van der Waals surface area contributed by atoms with Crippen molar-refractivity contribution in [2.45, 2.75) is 26.8 Å². The predicted molar refractivity (Wildman–Crippen MR) is 67.8 cm³/mol. The van der Waals surface area contributed by atoms with Crippen LogP contribution in [0.4, 0.5) is 0 Å². The number of hydrogen-bond donors (Lipinski definition) is 0. The van der Waals surface area contributed by atoms with E-state index in [9.17, 15) is 0 Å². The van der Waals surface area contributed by atoms with Crippen molar-refractivity contribution in [1.29, 1.82) is 0 Å². The molecule has 0 unspecified atom stereocenters. The van der Waals surface area contributed by atoms with E-state index in [1.165, 1.54) is 29.5 Å². The SMILES string of the molecule is CC1(C)CCN(Cc2ccccc2Br)C1. The lowest BCUT2D eigenvalue weighted by atomic mass is 9.93. The molecule has 0 atom stereocenters. The van der Waals surface area contributed by atoms with E-state index in [1.54, 1.807) is 0 Å². The van der Waals surface area contributed by atoms with Crippen LogP contribution in [0.25, 0.3) is 0 Å². The molecule has 0 aliphatic carbocycles. The van der Waals surface area contributed by atoms with Gasteiger partial charge in [-0.1, -0.05) is 48.0 Å².